The minimum Gasteiger partial charge on any atom is -0.465 e. The molecule has 6 heteroatoms. The van der Waals surface area contributed by atoms with Crippen molar-refractivity contribution in [3.63, 3.8) is 0 Å². The molecule has 1 atom stereocenters. The molecule has 1 aliphatic heterocycles. The average Bonchev–Trinajstić information content (AvgIpc) is 3.15. The minimum atomic E-state index is 0. The van der Waals surface area contributed by atoms with Gasteiger partial charge in [-0.2, -0.15) is 0 Å². The topological polar surface area (TPSA) is 52.8 Å². The number of furan rings is 1. The van der Waals surface area contributed by atoms with Crippen LogP contribution >= 0.6 is 24.0 Å². The van der Waals surface area contributed by atoms with Crippen LogP contribution in [0.1, 0.15) is 30.4 Å². The number of likely N-dealkylation sites (tertiary alicyclic amines) is 1. The number of hydrogen-bond acceptors (Lipinski definition) is 3. The van der Waals surface area contributed by atoms with E-state index in [2.05, 4.69) is 33.2 Å². The molecule has 1 aromatic heterocycles. The van der Waals surface area contributed by atoms with Gasteiger partial charge in [0.25, 0.3) is 0 Å². The fraction of sp³-hybridized carbons (Fsp3) is 0.562. The molecule has 0 amide bonds. The highest BCUT2D eigenvalue weighted by Gasteiger charge is 2.25. The summed E-state index contributed by atoms with van der Waals surface area (Å²) in [7, 11) is 1.78. The SMILES string of the molecule is C=CCNC(=NC)NCC(c1ccc(C)o1)N1CCCC1.I. The van der Waals surface area contributed by atoms with E-state index in [1.54, 1.807) is 7.05 Å². The van der Waals surface area contributed by atoms with Gasteiger partial charge < -0.3 is 15.1 Å². The maximum absolute atomic E-state index is 5.85. The fourth-order valence-corrected chi connectivity index (χ4v) is 2.68. The van der Waals surface area contributed by atoms with Gasteiger partial charge in [0.1, 0.15) is 11.5 Å². The predicted octanol–water partition coefficient (Wildman–Crippen LogP) is 2.69. The highest BCUT2D eigenvalue weighted by molar-refractivity contribution is 14.0. The van der Waals surface area contributed by atoms with Gasteiger partial charge in [-0.25, -0.2) is 0 Å². The molecule has 0 radical (unpaired) electrons. The molecule has 2 rings (SSSR count). The summed E-state index contributed by atoms with van der Waals surface area (Å²) >= 11 is 0. The van der Waals surface area contributed by atoms with E-state index < -0.39 is 0 Å². The largest absolute Gasteiger partial charge is 0.465 e. The summed E-state index contributed by atoms with van der Waals surface area (Å²) in [5, 5.41) is 6.57. The molecule has 22 heavy (non-hydrogen) atoms. The van der Waals surface area contributed by atoms with Crippen molar-refractivity contribution >= 4 is 29.9 Å². The van der Waals surface area contributed by atoms with Gasteiger partial charge in [-0.05, 0) is 45.0 Å². The molecule has 2 heterocycles. The Hall–Kier alpha value is -1.02. The molecule has 124 valence electrons. The van der Waals surface area contributed by atoms with Gasteiger partial charge in [0.2, 0.25) is 0 Å². The van der Waals surface area contributed by atoms with Crippen LogP contribution in [0.15, 0.2) is 34.2 Å². The second-order valence-electron chi connectivity index (χ2n) is 5.33. The zero-order chi connectivity index (χ0) is 15.1. The van der Waals surface area contributed by atoms with Crippen LogP contribution in [0.2, 0.25) is 0 Å². The number of rotatable bonds is 6. The van der Waals surface area contributed by atoms with E-state index in [1.165, 1.54) is 12.8 Å². The van der Waals surface area contributed by atoms with Gasteiger partial charge >= 0.3 is 0 Å². The van der Waals surface area contributed by atoms with Crippen molar-refractivity contribution in [1.82, 2.24) is 15.5 Å². The van der Waals surface area contributed by atoms with Gasteiger partial charge in [-0.3, -0.25) is 9.89 Å². The first-order valence-electron chi connectivity index (χ1n) is 7.60. The molecule has 1 aliphatic rings. The summed E-state index contributed by atoms with van der Waals surface area (Å²) < 4.78 is 5.85. The van der Waals surface area contributed by atoms with Gasteiger partial charge in [0.05, 0.1) is 6.04 Å². The van der Waals surface area contributed by atoms with Crippen LogP contribution in [0, 0.1) is 6.92 Å². The molecular formula is C16H27IN4O. The van der Waals surface area contributed by atoms with Gasteiger partial charge in [0.15, 0.2) is 5.96 Å². The third kappa shape index (κ3) is 5.31. The van der Waals surface area contributed by atoms with Crippen LogP contribution in [-0.4, -0.2) is 44.1 Å². The first kappa shape index (κ1) is 19.0. The molecule has 2 N–H and O–H groups in total. The summed E-state index contributed by atoms with van der Waals surface area (Å²) in [6, 6.07) is 4.37. The van der Waals surface area contributed by atoms with E-state index in [4.69, 9.17) is 4.42 Å². The number of aliphatic imine (C=N–C) groups is 1. The van der Waals surface area contributed by atoms with Crippen molar-refractivity contribution in [2.75, 3.05) is 33.2 Å². The Morgan fingerprint density at radius 2 is 2.14 bits per heavy atom. The molecule has 1 unspecified atom stereocenters. The van der Waals surface area contributed by atoms with Gasteiger partial charge in [-0.15, -0.1) is 30.6 Å². The standard InChI is InChI=1S/C16H26N4O.HI/c1-4-9-18-16(17-3)19-12-14(20-10-5-6-11-20)15-8-7-13(2)21-15;/h4,7-8,14H,1,5-6,9-12H2,2-3H3,(H2,17,18,19);1H. The van der Waals surface area contributed by atoms with E-state index in [9.17, 15) is 0 Å². The predicted molar refractivity (Wildman–Crippen MR) is 102 cm³/mol. The molecule has 5 nitrogen and oxygen atoms in total. The Morgan fingerprint density at radius 1 is 1.41 bits per heavy atom. The lowest BCUT2D eigenvalue weighted by Gasteiger charge is -2.26. The maximum atomic E-state index is 5.85. The zero-order valence-electron chi connectivity index (χ0n) is 13.5. The first-order chi connectivity index (χ1) is 10.2. The third-order valence-corrected chi connectivity index (χ3v) is 3.77. The number of nitrogens with one attached hydrogen (secondary N) is 2. The second-order valence-corrected chi connectivity index (χ2v) is 5.33. The van der Waals surface area contributed by atoms with Crippen molar-refractivity contribution in [2.24, 2.45) is 4.99 Å². The molecule has 1 saturated heterocycles. The summed E-state index contributed by atoms with van der Waals surface area (Å²) in [5.41, 5.74) is 0. The van der Waals surface area contributed by atoms with Crippen molar-refractivity contribution in [1.29, 1.82) is 0 Å². The lowest BCUT2D eigenvalue weighted by molar-refractivity contribution is 0.213. The van der Waals surface area contributed by atoms with Crippen molar-refractivity contribution < 1.29 is 4.42 Å². The quantitative estimate of drug-likeness (QED) is 0.323. The summed E-state index contributed by atoms with van der Waals surface area (Å²) in [5.74, 6) is 2.78. The Morgan fingerprint density at radius 3 is 2.68 bits per heavy atom. The summed E-state index contributed by atoms with van der Waals surface area (Å²) in [4.78, 5) is 6.70. The molecular weight excluding hydrogens is 391 g/mol. The normalized spacial score (nSPS) is 16.9. The number of aryl methyl sites for hydroxylation is 1. The zero-order valence-corrected chi connectivity index (χ0v) is 15.8. The monoisotopic (exact) mass is 418 g/mol. The van der Waals surface area contributed by atoms with Gasteiger partial charge in [0, 0.05) is 20.1 Å². The first-order valence-corrected chi connectivity index (χ1v) is 7.60. The Bertz CT molecular complexity index is 480. The van der Waals surface area contributed by atoms with Crippen molar-refractivity contribution in [2.45, 2.75) is 25.8 Å². The summed E-state index contributed by atoms with van der Waals surface area (Å²) in [6.45, 7) is 9.44. The highest BCUT2D eigenvalue weighted by Crippen LogP contribution is 2.25. The Kier molecular flexibility index (Phi) is 8.55. The van der Waals surface area contributed by atoms with Crippen LogP contribution in [0.25, 0.3) is 0 Å². The lowest BCUT2D eigenvalue weighted by Crippen LogP contribution is -2.42. The van der Waals surface area contributed by atoms with Crippen LogP contribution in [0.5, 0.6) is 0 Å². The smallest absolute Gasteiger partial charge is 0.191 e. The number of halogens is 1. The van der Waals surface area contributed by atoms with Crippen LogP contribution in [0.3, 0.4) is 0 Å². The van der Waals surface area contributed by atoms with Gasteiger partial charge in [-0.1, -0.05) is 6.08 Å². The minimum absolute atomic E-state index is 0. The van der Waals surface area contributed by atoms with E-state index in [-0.39, 0.29) is 30.0 Å². The third-order valence-electron chi connectivity index (χ3n) is 3.77. The second kappa shape index (κ2) is 9.89. The van der Waals surface area contributed by atoms with Crippen LogP contribution in [-0.2, 0) is 0 Å². The van der Waals surface area contributed by atoms with Crippen molar-refractivity contribution in [3.8, 4) is 0 Å². The molecule has 0 bridgehead atoms. The lowest BCUT2D eigenvalue weighted by atomic mass is 10.2. The Balaban J connectivity index is 0.00000242. The molecule has 0 saturated carbocycles. The van der Waals surface area contributed by atoms with Crippen LogP contribution < -0.4 is 10.6 Å². The Labute approximate surface area is 150 Å². The molecule has 0 aromatic carbocycles. The van der Waals surface area contributed by atoms with E-state index in [0.29, 0.717) is 6.54 Å². The highest BCUT2D eigenvalue weighted by atomic mass is 127. The van der Waals surface area contributed by atoms with E-state index in [0.717, 1.165) is 37.1 Å². The number of hydrogen-bond donors (Lipinski definition) is 2. The number of nitrogens with zero attached hydrogens (tertiary/aromatic N) is 2. The fourth-order valence-electron chi connectivity index (χ4n) is 2.68. The van der Waals surface area contributed by atoms with Crippen LogP contribution in [0.4, 0.5) is 0 Å². The average molecular weight is 418 g/mol. The molecule has 1 aromatic rings. The molecule has 1 fully saturated rings. The molecule has 0 spiro atoms. The van der Waals surface area contributed by atoms with E-state index in [1.807, 2.05) is 19.1 Å². The van der Waals surface area contributed by atoms with E-state index >= 15 is 0 Å². The number of guanidine groups is 1. The molecule has 0 aliphatic carbocycles. The van der Waals surface area contributed by atoms with Crippen molar-refractivity contribution in [3.05, 3.63) is 36.3 Å². The maximum Gasteiger partial charge on any atom is 0.191 e. The summed E-state index contributed by atoms with van der Waals surface area (Å²) in [6.07, 6.45) is 4.35.